The second-order valence-electron chi connectivity index (χ2n) is 7.24. The zero-order valence-electron chi connectivity index (χ0n) is 16.3. The van der Waals surface area contributed by atoms with Crippen LogP contribution in [0.1, 0.15) is 45.8 Å². The van der Waals surface area contributed by atoms with Crippen LogP contribution in [0.25, 0.3) is 0 Å². The molecule has 0 saturated carbocycles. The predicted octanol–water partition coefficient (Wildman–Crippen LogP) is 5.45. The van der Waals surface area contributed by atoms with Crippen LogP contribution in [0.4, 0.5) is 0 Å². The molecule has 2 heteroatoms. The maximum Gasteiger partial charge on any atom is 0.221 e. The average Bonchev–Trinajstić information content (AvgIpc) is 2.68. The largest absolute Gasteiger partial charge is 0.345 e. The summed E-state index contributed by atoms with van der Waals surface area (Å²) >= 11 is 0. The van der Waals surface area contributed by atoms with E-state index in [-0.39, 0.29) is 11.9 Å². The van der Waals surface area contributed by atoms with Crippen molar-refractivity contribution in [3.63, 3.8) is 0 Å². The molecule has 0 heterocycles. The number of hydrogen-bond acceptors (Lipinski definition) is 1. The van der Waals surface area contributed by atoms with Crippen molar-refractivity contribution >= 4 is 5.91 Å². The molecule has 0 bridgehead atoms. The second-order valence-corrected chi connectivity index (χ2v) is 7.24. The number of nitrogens with one attached hydrogen (secondary N) is 1. The number of aryl methyl sites for hydroxylation is 4. The van der Waals surface area contributed by atoms with Crippen molar-refractivity contribution in [2.75, 3.05) is 0 Å². The summed E-state index contributed by atoms with van der Waals surface area (Å²) in [4.78, 5) is 12.7. The molecular weight excluding hydrogens is 330 g/mol. The molecule has 1 atom stereocenters. The lowest BCUT2D eigenvalue weighted by atomic mass is 9.97. The fourth-order valence-electron chi connectivity index (χ4n) is 3.21. The molecule has 1 unspecified atom stereocenters. The van der Waals surface area contributed by atoms with Gasteiger partial charge in [-0.2, -0.15) is 0 Å². The number of benzene rings is 3. The molecule has 3 rings (SSSR count). The molecule has 1 N–H and O–H groups in total. The van der Waals surface area contributed by atoms with Gasteiger partial charge in [0, 0.05) is 6.42 Å². The highest BCUT2D eigenvalue weighted by Crippen LogP contribution is 2.23. The molecule has 0 radical (unpaired) electrons. The van der Waals surface area contributed by atoms with Gasteiger partial charge in [-0.3, -0.25) is 4.79 Å². The molecule has 3 aromatic carbocycles. The molecule has 0 aliphatic heterocycles. The minimum absolute atomic E-state index is 0.0719. The van der Waals surface area contributed by atoms with Crippen LogP contribution in [-0.2, 0) is 11.2 Å². The van der Waals surface area contributed by atoms with E-state index >= 15 is 0 Å². The van der Waals surface area contributed by atoms with Crippen molar-refractivity contribution in [3.8, 4) is 0 Å². The Morgan fingerprint density at radius 3 is 2.15 bits per heavy atom. The molecule has 3 aromatic rings. The van der Waals surface area contributed by atoms with Crippen LogP contribution in [0.5, 0.6) is 0 Å². The molecule has 0 aliphatic rings. The van der Waals surface area contributed by atoms with Crippen LogP contribution in [0.15, 0.2) is 72.8 Å². The molecule has 138 valence electrons. The highest BCUT2D eigenvalue weighted by molar-refractivity contribution is 5.77. The molecule has 0 aliphatic carbocycles. The molecule has 1 amide bonds. The topological polar surface area (TPSA) is 29.1 Å². The molecule has 0 fully saturated rings. The van der Waals surface area contributed by atoms with Gasteiger partial charge in [0.1, 0.15) is 0 Å². The van der Waals surface area contributed by atoms with Gasteiger partial charge in [0.05, 0.1) is 6.04 Å². The van der Waals surface area contributed by atoms with Crippen molar-refractivity contribution in [3.05, 3.63) is 106 Å². The molecule has 27 heavy (non-hydrogen) atoms. The van der Waals surface area contributed by atoms with E-state index in [2.05, 4.69) is 80.7 Å². The summed E-state index contributed by atoms with van der Waals surface area (Å²) in [6.45, 7) is 6.29. The Balaban J connectivity index is 1.72. The Kier molecular flexibility index (Phi) is 6.08. The van der Waals surface area contributed by atoms with Crippen LogP contribution in [0.3, 0.4) is 0 Å². The van der Waals surface area contributed by atoms with Crippen molar-refractivity contribution in [1.82, 2.24) is 5.32 Å². The number of carbonyl (C=O) groups excluding carboxylic acids is 1. The van der Waals surface area contributed by atoms with Crippen LogP contribution in [-0.4, -0.2) is 5.91 Å². The van der Waals surface area contributed by atoms with E-state index in [0.717, 1.165) is 17.5 Å². The van der Waals surface area contributed by atoms with Gasteiger partial charge in [0.15, 0.2) is 0 Å². The highest BCUT2D eigenvalue weighted by Gasteiger charge is 2.16. The molecule has 0 saturated heterocycles. The van der Waals surface area contributed by atoms with E-state index in [1.807, 2.05) is 18.2 Å². The van der Waals surface area contributed by atoms with Crippen LogP contribution in [0.2, 0.25) is 0 Å². The first kappa shape index (κ1) is 18.9. The van der Waals surface area contributed by atoms with Crippen LogP contribution < -0.4 is 5.32 Å². The Hall–Kier alpha value is -2.87. The molecular formula is C25H27NO. The van der Waals surface area contributed by atoms with Crippen molar-refractivity contribution in [2.24, 2.45) is 0 Å². The van der Waals surface area contributed by atoms with Crippen LogP contribution in [0, 0.1) is 20.8 Å². The Bertz CT molecular complexity index is 897. The van der Waals surface area contributed by atoms with Crippen LogP contribution >= 0.6 is 0 Å². The quantitative estimate of drug-likeness (QED) is 0.624. The third kappa shape index (κ3) is 5.07. The fraction of sp³-hybridized carbons (Fsp3) is 0.240. The summed E-state index contributed by atoms with van der Waals surface area (Å²) in [5, 5.41) is 3.23. The van der Waals surface area contributed by atoms with Crippen molar-refractivity contribution < 1.29 is 4.79 Å². The minimum atomic E-state index is -0.126. The normalized spacial score (nSPS) is 11.8. The monoisotopic (exact) mass is 357 g/mol. The fourth-order valence-corrected chi connectivity index (χ4v) is 3.21. The lowest BCUT2D eigenvalue weighted by Gasteiger charge is -2.20. The zero-order valence-corrected chi connectivity index (χ0v) is 16.3. The minimum Gasteiger partial charge on any atom is -0.345 e. The van der Waals surface area contributed by atoms with Gasteiger partial charge in [-0.25, -0.2) is 0 Å². The van der Waals surface area contributed by atoms with E-state index in [1.54, 1.807) is 0 Å². The highest BCUT2D eigenvalue weighted by atomic mass is 16.1. The van der Waals surface area contributed by atoms with Gasteiger partial charge in [-0.1, -0.05) is 78.4 Å². The predicted molar refractivity (Wildman–Crippen MR) is 112 cm³/mol. The maximum atomic E-state index is 12.7. The average molecular weight is 357 g/mol. The van der Waals surface area contributed by atoms with E-state index in [9.17, 15) is 4.79 Å². The van der Waals surface area contributed by atoms with Gasteiger partial charge < -0.3 is 5.32 Å². The van der Waals surface area contributed by atoms with E-state index < -0.39 is 0 Å². The van der Waals surface area contributed by atoms with Gasteiger partial charge in [-0.15, -0.1) is 0 Å². The summed E-state index contributed by atoms with van der Waals surface area (Å²) < 4.78 is 0. The number of rotatable bonds is 6. The first-order valence-electron chi connectivity index (χ1n) is 9.50. The van der Waals surface area contributed by atoms with Gasteiger partial charge >= 0.3 is 0 Å². The standard InChI is InChI=1S/C25H27NO/c1-18-9-14-23(15-10-18)25(22-7-5-4-6-8-22)26-24(27)16-13-21-12-11-19(2)20(3)17-21/h4-12,14-15,17,25H,13,16H2,1-3H3,(H,26,27). The SMILES string of the molecule is Cc1ccc(C(NC(=O)CCc2ccc(C)c(C)c2)c2ccccc2)cc1. The van der Waals surface area contributed by atoms with E-state index in [1.165, 1.54) is 22.3 Å². The third-order valence-corrected chi connectivity index (χ3v) is 5.06. The molecule has 2 nitrogen and oxygen atoms in total. The summed E-state index contributed by atoms with van der Waals surface area (Å²) in [5.74, 6) is 0.0719. The van der Waals surface area contributed by atoms with Crippen molar-refractivity contribution in [1.29, 1.82) is 0 Å². The Morgan fingerprint density at radius 1 is 0.815 bits per heavy atom. The summed E-state index contributed by atoms with van der Waals surface area (Å²) in [5.41, 5.74) is 7.18. The first-order valence-corrected chi connectivity index (χ1v) is 9.50. The zero-order chi connectivity index (χ0) is 19.2. The lowest BCUT2D eigenvalue weighted by Crippen LogP contribution is -2.29. The summed E-state index contributed by atoms with van der Waals surface area (Å²) in [6.07, 6.45) is 1.24. The lowest BCUT2D eigenvalue weighted by molar-refractivity contribution is -0.121. The Morgan fingerprint density at radius 2 is 1.48 bits per heavy atom. The number of amides is 1. The van der Waals surface area contributed by atoms with Gasteiger partial charge in [0.25, 0.3) is 0 Å². The number of hydrogen-bond donors (Lipinski definition) is 1. The maximum absolute atomic E-state index is 12.7. The second kappa shape index (κ2) is 8.68. The summed E-state index contributed by atoms with van der Waals surface area (Å²) in [7, 11) is 0. The number of carbonyl (C=O) groups is 1. The summed E-state index contributed by atoms with van der Waals surface area (Å²) in [6, 6.07) is 24.8. The molecule has 0 aromatic heterocycles. The Labute approximate surface area is 162 Å². The van der Waals surface area contributed by atoms with E-state index in [4.69, 9.17) is 0 Å². The van der Waals surface area contributed by atoms with E-state index in [0.29, 0.717) is 6.42 Å². The first-order chi connectivity index (χ1) is 13.0. The van der Waals surface area contributed by atoms with Gasteiger partial charge in [0.2, 0.25) is 5.91 Å². The smallest absolute Gasteiger partial charge is 0.221 e. The van der Waals surface area contributed by atoms with Gasteiger partial charge in [-0.05, 0) is 55.0 Å². The third-order valence-electron chi connectivity index (χ3n) is 5.06. The van der Waals surface area contributed by atoms with Crippen molar-refractivity contribution in [2.45, 2.75) is 39.7 Å². The molecule has 0 spiro atoms.